The van der Waals surface area contributed by atoms with Crippen LogP contribution in [0, 0.1) is 5.41 Å². The number of carbonyl (C=O) groups excluding carboxylic acids is 1. The third-order valence-electron chi connectivity index (χ3n) is 7.63. The highest BCUT2D eigenvalue weighted by Crippen LogP contribution is 2.46. The smallest absolute Gasteiger partial charge is 0.416 e. The molecule has 0 aromatic heterocycles. The number of cyclic esters (lactones) is 1. The summed E-state index contributed by atoms with van der Waals surface area (Å²) in [6.07, 6.45) is -10.6. The number of hydrogen-bond acceptors (Lipinski definition) is 4. The quantitative estimate of drug-likeness (QED) is 0.348. The monoisotopic (exact) mass is 585 g/mol. The van der Waals surface area contributed by atoms with E-state index in [0.717, 1.165) is 17.6 Å². The molecule has 2 aromatic rings. The van der Waals surface area contributed by atoms with Gasteiger partial charge in [0.15, 0.2) is 0 Å². The molecule has 1 fully saturated rings. The molecule has 1 aliphatic carbocycles. The SMILES string of the molecule is COc1ccc(C(=O)O)cc1C1=C(CN2C(=O)O[C@H](c3cc(C(F)(F)F)cc(C(F)(F)F)c3)[C@@H]2C)CC(C)(C)CC1. The number of alkyl halides is 6. The van der Waals surface area contributed by atoms with Crippen molar-refractivity contribution in [2.45, 2.75) is 64.5 Å². The van der Waals surface area contributed by atoms with E-state index in [2.05, 4.69) is 0 Å². The molecule has 222 valence electrons. The number of methoxy groups -OCH3 is 1. The van der Waals surface area contributed by atoms with Gasteiger partial charge in [-0.05, 0) is 84.7 Å². The summed E-state index contributed by atoms with van der Waals surface area (Å²) in [5.41, 5.74) is -1.46. The van der Waals surface area contributed by atoms with Crippen LogP contribution in [0.25, 0.3) is 5.57 Å². The van der Waals surface area contributed by atoms with Crippen LogP contribution in [0.5, 0.6) is 5.75 Å². The van der Waals surface area contributed by atoms with E-state index in [1.165, 1.54) is 37.1 Å². The lowest BCUT2D eigenvalue weighted by Crippen LogP contribution is -2.35. The number of carboxylic acid groups (broad SMARTS) is 1. The van der Waals surface area contributed by atoms with Crippen LogP contribution in [0.2, 0.25) is 0 Å². The Kier molecular flexibility index (Phi) is 7.83. The zero-order valence-corrected chi connectivity index (χ0v) is 22.7. The minimum absolute atomic E-state index is 0.0131. The first-order valence-electron chi connectivity index (χ1n) is 12.8. The minimum Gasteiger partial charge on any atom is -0.496 e. The third-order valence-corrected chi connectivity index (χ3v) is 7.63. The number of aromatic carboxylic acids is 1. The first-order valence-corrected chi connectivity index (χ1v) is 12.8. The number of halogens is 6. The van der Waals surface area contributed by atoms with Crippen LogP contribution in [0.3, 0.4) is 0 Å². The Bertz CT molecular complexity index is 1360. The zero-order chi connectivity index (χ0) is 30.5. The van der Waals surface area contributed by atoms with Crippen LogP contribution in [0.15, 0.2) is 42.0 Å². The van der Waals surface area contributed by atoms with E-state index in [1.807, 2.05) is 13.8 Å². The van der Waals surface area contributed by atoms with Gasteiger partial charge in [-0.15, -0.1) is 0 Å². The number of nitrogens with zero attached hydrogens (tertiary/aromatic N) is 1. The standard InChI is InChI=1S/C29H29F6NO5/c1-15-24(17-9-19(28(30,31)32)12-20(10-17)29(33,34)35)41-26(39)36(15)14-18-13-27(2,3)8-7-21(18)22-11-16(25(37)38)5-6-23(22)40-4/h5-6,9-12,15,24H,7-8,13-14H2,1-4H3,(H,37,38)/t15-,24-/m0/s1. The van der Waals surface area contributed by atoms with Gasteiger partial charge in [0, 0.05) is 12.1 Å². The van der Waals surface area contributed by atoms with Crippen molar-refractivity contribution in [3.8, 4) is 5.75 Å². The Morgan fingerprint density at radius 3 is 2.22 bits per heavy atom. The first kappa shape index (κ1) is 30.3. The lowest BCUT2D eigenvalue weighted by molar-refractivity contribution is -0.143. The molecule has 1 amide bonds. The highest BCUT2D eigenvalue weighted by atomic mass is 19.4. The van der Waals surface area contributed by atoms with Gasteiger partial charge in [0.2, 0.25) is 0 Å². The van der Waals surface area contributed by atoms with Crippen LogP contribution < -0.4 is 4.74 Å². The van der Waals surface area contributed by atoms with E-state index >= 15 is 0 Å². The largest absolute Gasteiger partial charge is 0.496 e. The molecule has 41 heavy (non-hydrogen) atoms. The van der Waals surface area contributed by atoms with Crippen molar-refractivity contribution in [1.29, 1.82) is 0 Å². The van der Waals surface area contributed by atoms with Crippen LogP contribution in [-0.4, -0.2) is 41.8 Å². The molecule has 0 bridgehead atoms. The topological polar surface area (TPSA) is 76.1 Å². The maximum absolute atomic E-state index is 13.5. The molecule has 1 heterocycles. The van der Waals surface area contributed by atoms with Gasteiger partial charge in [0.1, 0.15) is 11.9 Å². The molecule has 4 rings (SSSR count). The van der Waals surface area contributed by atoms with Crippen molar-refractivity contribution in [2.75, 3.05) is 13.7 Å². The molecule has 1 N–H and O–H groups in total. The van der Waals surface area contributed by atoms with Gasteiger partial charge >= 0.3 is 24.4 Å². The van der Waals surface area contributed by atoms with Gasteiger partial charge in [-0.3, -0.25) is 4.90 Å². The molecule has 2 aromatic carbocycles. The molecule has 1 saturated heterocycles. The summed E-state index contributed by atoms with van der Waals surface area (Å²) in [5, 5.41) is 9.53. The van der Waals surface area contributed by atoms with E-state index in [4.69, 9.17) is 9.47 Å². The Morgan fingerprint density at radius 1 is 1.07 bits per heavy atom. The average molecular weight is 586 g/mol. The van der Waals surface area contributed by atoms with Crippen LogP contribution in [0.4, 0.5) is 31.1 Å². The highest BCUT2D eigenvalue weighted by molar-refractivity contribution is 5.90. The predicted octanol–water partition coefficient (Wildman–Crippen LogP) is 7.98. The minimum atomic E-state index is -5.04. The maximum atomic E-state index is 13.5. The van der Waals surface area contributed by atoms with E-state index in [1.54, 1.807) is 0 Å². The van der Waals surface area contributed by atoms with Crippen molar-refractivity contribution in [1.82, 2.24) is 4.90 Å². The second-order valence-corrected chi connectivity index (χ2v) is 11.2. The van der Waals surface area contributed by atoms with Crippen LogP contribution in [-0.2, 0) is 17.1 Å². The number of allylic oxidation sites excluding steroid dienone is 1. The molecule has 0 spiro atoms. The number of amides is 1. The molecular formula is C29H29F6NO5. The predicted molar refractivity (Wildman–Crippen MR) is 136 cm³/mol. The number of carbonyl (C=O) groups is 2. The third kappa shape index (κ3) is 6.31. The second-order valence-electron chi connectivity index (χ2n) is 11.2. The Morgan fingerprint density at radius 2 is 1.68 bits per heavy atom. The van der Waals surface area contributed by atoms with Crippen LogP contribution >= 0.6 is 0 Å². The summed E-state index contributed by atoms with van der Waals surface area (Å²) in [5.74, 6) is -0.702. The molecule has 12 heteroatoms. The van der Waals surface area contributed by atoms with E-state index in [0.29, 0.717) is 36.3 Å². The van der Waals surface area contributed by atoms with Gasteiger partial charge in [-0.2, -0.15) is 26.3 Å². The van der Waals surface area contributed by atoms with E-state index in [9.17, 15) is 41.0 Å². The summed E-state index contributed by atoms with van der Waals surface area (Å²) in [7, 11) is 1.45. The average Bonchev–Trinajstić information content (AvgIpc) is 3.15. The lowest BCUT2D eigenvalue weighted by atomic mass is 9.72. The molecule has 6 nitrogen and oxygen atoms in total. The van der Waals surface area contributed by atoms with Gasteiger partial charge in [-0.25, -0.2) is 9.59 Å². The highest BCUT2D eigenvalue weighted by Gasteiger charge is 2.44. The molecule has 1 aliphatic heterocycles. The van der Waals surface area contributed by atoms with Gasteiger partial charge < -0.3 is 14.6 Å². The fraction of sp³-hybridized carbons (Fsp3) is 0.448. The molecule has 2 atom stereocenters. The second kappa shape index (κ2) is 10.6. The fourth-order valence-corrected chi connectivity index (χ4v) is 5.47. The zero-order valence-electron chi connectivity index (χ0n) is 22.7. The van der Waals surface area contributed by atoms with Gasteiger partial charge in [0.05, 0.1) is 29.8 Å². The van der Waals surface area contributed by atoms with Crippen molar-refractivity contribution in [3.05, 3.63) is 69.8 Å². The lowest BCUT2D eigenvalue weighted by Gasteiger charge is -2.36. The number of benzene rings is 2. The number of ether oxygens (including phenoxy) is 2. The first-order chi connectivity index (χ1) is 18.9. The molecule has 0 unspecified atom stereocenters. The van der Waals surface area contributed by atoms with Gasteiger partial charge in [0.25, 0.3) is 0 Å². The van der Waals surface area contributed by atoms with Crippen molar-refractivity contribution >= 4 is 17.6 Å². The maximum Gasteiger partial charge on any atom is 0.416 e. The molecule has 0 radical (unpaired) electrons. The summed E-state index contributed by atoms with van der Waals surface area (Å²) in [6.45, 7) is 5.55. The molecular weight excluding hydrogens is 556 g/mol. The fourth-order valence-electron chi connectivity index (χ4n) is 5.47. The van der Waals surface area contributed by atoms with E-state index in [-0.39, 0.29) is 23.6 Å². The summed E-state index contributed by atoms with van der Waals surface area (Å²) < 4.78 is 91.6. The number of rotatable bonds is 6. The normalized spacial score (nSPS) is 21.2. The van der Waals surface area contributed by atoms with E-state index < -0.39 is 53.3 Å². The summed E-state index contributed by atoms with van der Waals surface area (Å²) >= 11 is 0. The number of carboxylic acids is 1. The van der Waals surface area contributed by atoms with Crippen molar-refractivity contribution < 1.29 is 50.5 Å². The Balaban J connectivity index is 1.75. The summed E-state index contributed by atoms with van der Waals surface area (Å²) in [4.78, 5) is 26.0. The number of hydrogen-bond donors (Lipinski definition) is 1. The van der Waals surface area contributed by atoms with Crippen molar-refractivity contribution in [2.24, 2.45) is 5.41 Å². The van der Waals surface area contributed by atoms with Crippen molar-refractivity contribution in [3.63, 3.8) is 0 Å². The summed E-state index contributed by atoms with van der Waals surface area (Å²) in [6, 6.07) is 4.71. The Hall–Kier alpha value is -3.70. The Labute approximate surface area is 232 Å². The van der Waals surface area contributed by atoms with Crippen LogP contribution in [0.1, 0.15) is 78.7 Å². The molecule has 0 saturated carbocycles. The van der Waals surface area contributed by atoms with Gasteiger partial charge in [-0.1, -0.05) is 13.8 Å². The molecule has 2 aliphatic rings.